The molecule has 2 aromatic heterocycles. The first kappa shape index (κ1) is 52.5. The minimum Gasteiger partial charge on any atom is -0.378 e. The molecule has 2 saturated heterocycles. The Hall–Kier alpha value is -4.86. The largest absolute Gasteiger partial charge is 0.378 e. The summed E-state index contributed by atoms with van der Waals surface area (Å²) in [6.07, 6.45) is 14.8. The average molecular weight is 983 g/mol. The Morgan fingerprint density at radius 3 is 1.37 bits per heavy atom. The molecule has 71 heavy (non-hydrogen) atoms. The number of amides is 4. The number of carbonyl (C=O) groups excluding carboxylic acids is 4. The Bertz CT molecular complexity index is 2340. The second-order valence-corrected chi connectivity index (χ2v) is 21.2. The van der Waals surface area contributed by atoms with Gasteiger partial charge in [-0.25, -0.2) is 8.78 Å². The van der Waals surface area contributed by atoms with E-state index in [4.69, 9.17) is 4.74 Å². The summed E-state index contributed by atoms with van der Waals surface area (Å²) in [4.78, 5) is 59.4. The molecule has 6 atom stereocenters. The minimum atomic E-state index is -0.566. The van der Waals surface area contributed by atoms with Crippen molar-refractivity contribution in [2.75, 3.05) is 40.4 Å². The van der Waals surface area contributed by atoms with E-state index >= 15 is 8.78 Å². The monoisotopic (exact) mass is 983 g/mol. The lowest BCUT2D eigenvalue weighted by molar-refractivity contribution is -0.139. The van der Waals surface area contributed by atoms with Gasteiger partial charge < -0.3 is 44.9 Å². The second-order valence-electron chi connectivity index (χ2n) is 21.2. The molecular weight excluding hydrogens is 903 g/mol. The van der Waals surface area contributed by atoms with Crippen molar-refractivity contribution in [3.63, 3.8) is 0 Å². The fourth-order valence-electron chi connectivity index (χ4n) is 12.6. The number of likely N-dealkylation sites (N-methyl/N-ethyl adjacent to an activating group) is 2. The lowest BCUT2D eigenvalue weighted by atomic mass is 9.83. The molecule has 2 saturated carbocycles. The number of nitrogens with one attached hydrogen (secondary N) is 4. The van der Waals surface area contributed by atoms with Gasteiger partial charge in [0.15, 0.2) is 0 Å². The van der Waals surface area contributed by atoms with Gasteiger partial charge in [0.25, 0.3) is 0 Å². The maximum Gasteiger partial charge on any atom is 0.245 e. The number of ether oxygens (including phenoxy) is 1. The van der Waals surface area contributed by atoms with Gasteiger partial charge in [0, 0.05) is 71.5 Å². The van der Waals surface area contributed by atoms with Gasteiger partial charge in [-0.15, -0.1) is 0 Å². The Kier molecular flexibility index (Phi) is 17.6. The van der Waals surface area contributed by atoms with E-state index in [2.05, 4.69) is 44.2 Å². The number of hydrogen-bond acceptors (Lipinski definition) is 7. The molecule has 0 unspecified atom stereocenters. The molecule has 0 bridgehead atoms. The van der Waals surface area contributed by atoms with Crippen LogP contribution in [0.4, 0.5) is 8.78 Å². The van der Waals surface area contributed by atoms with Crippen LogP contribution in [0.15, 0.2) is 36.4 Å². The van der Waals surface area contributed by atoms with Gasteiger partial charge in [-0.3, -0.25) is 19.2 Å². The van der Waals surface area contributed by atoms with E-state index in [0.717, 1.165) is 134 Å². The predicted molar refractivity (Wildman–Crippen MR) is 275 cm³/mol. The Labute approximate surface area is 419 Å². The molecule has 2 aliphatic carbocycles. The summed E-state index contributed by atoms with van der Waals surface area (Å²) in [6, 6.07) is 7.79. The smallest absolute Gasteiger partial charge is 0.245 e. The molecule has 13 nitrogen and oxygen atoms in total. The van der Waals surface area contributed by atoms with Crippen molar-refractivity contribution in [1.82, 2.24) is 40.2 Å². The molecule has 4 N–H and O–H groups in total. The zero-order chi connectivity index (χ0) is 50.3. The van der Waals surface area contributed by atoms with Crippen LogP contribution in [-0.4, -0.2) is 119 Å². The molecule has 2 aliphatic heterocycles. The Morgan fingerprint density at radius 1 is 0.592 bits per heavy atom. The third-order valence-corrected chi connectivity index (χ3v) is 17.0. The van der Waals surface area contributed by atoms with Crippen LogP contribution in [0.3, 0.4) is 0 Å². The van der Waals surface area contributed by atoms with E-state index in [1.807, 2.05) is 35.8 Å². The minimum absolute atomic E-state index is 0.00380. The van der Waals surface area contributed by atoms with Gasteiger partial charge in [-0.05, 0) is 165 Å². The summed E-state index contributed by atoms with van der Waals surface area (Å²) in [5.41, 5.74) is 5.94. The standard InChI is InChI=1S/C56H80F2N8O5/c1-35(59-5)53(67)61-51(39-15-9-7-10-16-39)55(69)65-25-13-19-43(65)33-45-37(3)63(49-23-21-41(57)31-47(45)49)27-29-71-30-28-64-38(4)46(48-32-42(58)22-24-50(48)64)34-44-20-14-26-66(44)56(70)52(40-17-11-8-12-18-40)62-54(68)36(2)60-6/h21-24,31-32,35-36,39-40,43-44,51-52,59-60H,7-20,25-30,33-34H2,1-6H3,(H,61,67)(H,62,68)/t35-,36-,43-,44-,51-,52-/m0/s1. The highest BCUT2D eigenvalue weighted by Gasteiger charge is 2.41. The summed E-state index contributed by atoms with van der Waals surface area (Å²) >= 11 is 0. The maximum atomic E-state index is 15.0. The van der Waals surface area contributed by atoms with Crippen molar-refractivity contribution in [3.8, 4) is 0 Å². The van der Waals surface area contributed by atoms with Gasteiger partial charge >= 0.3 is 0 Å². The highest BCUT2D eigenvalue weighted by Crippen LogP contribution is 2.36. The van der Waals surface area contributed by atoms with Gasteiger partial charge in [0.1, 0.15) is 23.7 Å². The number of rotatable bonds is 20. The van der Waals surface area contributed by atoms with Crippen molar-refractivity contribution < 1.29 is 32.7 Å². The first-order valence-electron chi connectivity index (χ1n) is 27.0. The molecular formula is C56H80F2N8O5. The number of carbonyl (C=O) groups is 4. The first-order valence-corrected chi connectivity index (χ1v) is 27.0. The topological polar surface area (TPSA) is 142 Å². The van der Waals surface area contributed by atoms with Crippen molar-refractivity contribution >= 4 is 45.4 Å². The van der Waals surface area contributed by atoms with E-state index in [9.17, 15) is 19.2 Å². The summed E-state index contributed by atoms with van der Waals surface area (Å²) in [6.45, 7) is 10.9. The van der Waals surface area contributed by atoms with Crippen LogP contribution in [0.1, 0.15) is 126 Å². The summed E-state index contributed by atoms with van der Waals surface area (Å²) in [7, 11) is 3.50. The molecule has 15 heteroatoms. The zero-order valence-electron chi connectivity index (χ0n) is 43.2. The molecule has 8 rings (SSSR count). The van der Waals surface area contributed by atoms with Crippen LogP contribution in [-0.2, 0) is 49.8 Å². The van der Waals surface area contributed by atoms with Crippen LogP contribution >= 0.6 is 0 Å². The van der Waals surface area contributed by atoms with E-state index in [-0.39, 0.29) is 59.2 Å². The number of fused-ring (bicyclic) bond motifs is 2. The summed E-state index contributed by atoms with van der Waals surface area (Å²) in [5.74, 6) is -0.740. The third kappa shape index (κ3) is 11.7. The lowest BCUT2D eigenvalue weighted by Gasteiger charge is -2.35. The maximum absolute atomic E-state index is 15.0. The number of halogens is 2. The van der Waals surface area contributed by atoms with Gasteiger partial charge in [0.2, 0.25) is 23.6 Å². The predicted octanol–water partition coefficient (Wildman–Crippen LogP) is 7.62. The summed E-state index contributed by atoms with van der Waals surface area (Å²) in [5, 5.41) is 14.0. The van der Waals surface area contributed by atoms with Gasteiger partial charge in [-0.1, -0.05) is 38.5 Å². The molecule has 4 fully saturated rings. The third-order valence-electron chi connectivity index (χ3n) is 17.0. The molecule has 4 aromatic rings. The number of benzene rings is 2. The normalized spacial score (nSPS) is 21.0. The van der Waals surface area contributed by atoms with Crippen LogP contribution in [0.2, 0.25) is 0 Å². The van der Waals surface area contributed by atoms with Crippen LogP contribution in [0.5, 0.6) is 0 Å². The molecule has 0 spiro atoms. The fraction of sp³-hybridized carbons (Fsp3) is 0.643. The number of hydrogen-bond donors (Lipinski definition) is 4. The molecule has 4 amide bonds. The highest BCUT2D eigenvalue weighted by atomic mass is 19.1. The van der Waals surface area contributed by atoms with Gasteiger partial charge in [-0.2, -0.15) is 0 Å². The Morgan fingerprint density at radius 2 is 0.986 bits per heavy atom. The number of aromatic nitrogens is 2. The van der Waals surface area contributed by atoms with Crippen molar-refractivity contribution in [3.05, 3.63) is 70.5 Å². The highest BCUT2D eigenvalue weighted by molar-refractivity contribution is 5.92. The van der Waals surface area contributed by atoms with Crippen molar-refractivity contribution in [2.24, 2.45) is 11.8 Å². The lowest BCUT2D eigenvalue weighted by Crippen LogP contribution is -2.56. The molecule has 4 aliphatic rings. The molecule has 2 aromatic carbocycles. The van der Waals surface area contributed by atoms with E-state index in [1.54, 1.807) is 26.2 Å². The van der Waals surface area contributed by atoms with Crippen LogP contribution in [0, 0.1) is 37.3 Å². The number of likely N-dealkylation sites (tertiary alicyclic amines) is 2. The molecule has 0 radical (unpaired) electrons. The zero-order valence-corrected chi connectivity index (χ0v) is 43.2. The van der Waals surface area contributed by atoms with Crippen molar-refractivity contribution in [1.29, 1.82) is 0 Å². The van der Waals surface area contributed by atoms with Crippen LogP contribution < -0.4 is 21.3 Å². The first-order chi connectivity index (χ1) is 34.3. The van der Waals surface area contributed by atoms with E-state index in [1.165, 1.54) is 12.1 Å². The van der Waals surface area contributed by atoms with E-state index in [0.29, 0.717) is 52.2 Å². The molecule has 388 valence electrons. The average Bonchev–Trinajstić information content (AvgIpc) is 4.17. The van der Waals surface area contributed by atoms with Crippen molar-refractivity contribution in [2.45, 2.75) is 180 Å². The summed E-state index contributed by atoms with van der Waals surface area (Å²) < 4.78 is 40.9. The fourth-order valence-corrected chi connectivity index (χ4v) is 12.6. The number of nitrogens with zero attached hydrogens (tertiary/aromatic N) is 4. The SMILES string of the molecule is CN[C@@H](C)C(=O)N[C@H](C(=O)N1CCC[C@H]1Cc1c(C)n(CCOCCn2c(C)c(C[C@@H]3CCCN3C(=O)[C@@H](NC(=O)[C@H](C)NC)C3CCCCC3)c3cc(F)ccc32)c2ccc(F)cc12)C1CCCCC1. The quantitative estimate of drug-likeness (QED) is 0.0669. The van der Waals surface area contributed by atoms with E-state index < -0.39 is 24.2 Å². The van der Waals surface area contributed by atoms with Crippen LogP contribution in [0.25, 0.3) is 21.8 Å². The second kappa shape index (κ2) is 23.8. The van der Waals surface area contributed by atoms with Gasteiger partial charge in [0.05, 0.1) is 25.3 Å². The molecule has 4 heterocycles. The Balaban J connectivity index is 0.944.